The van der Waals surface area contributed by atoms with Gasteiger partial charge >= 0.3 is 0 Å². The summed E-state index contributed by atoms with van der Waals surface area (Å²) in [6.07, 6.45) is 0.478. The van der Waals surface area contributed by atoms with E-state index in [9.17, 15) is 5.11 Å². The van der Waals surface area contributed by atoms with Crippen LogP contribution >= 0.6 is 0 Å². The van der Waals surface area contributed by atoms with Crippen molar-refractivity contribution in [1.82, 2.24) is 14.7 Å². The molecule has 0 radical (unpaired) electrons. The smallest absolute Gasteiger partial charge is 0.222 e. The van der Waals surface area contributed by atoms with E-state index in [1.165, 1.54) is 0 Å². The lowest BCUT2D eigenvalue weighted by atomic mass is 10.1. The molecule has 34 heavy (non-hydrogen) atoms. The topological polar surface area (TPSA) is 69.0 Å². The highest BCUT2D eigenvalue weighted by Gasteiger charge is 2.23. The summed E-state index contributed by atoms with van der Waals surface area (Å²) in [6.45, 7) is 8.33. The van der Waals surface area contributed by atoms with Gasteiger partial charge in [-0.3, -0.25) is 4.90 Å². The SMILES string of the molecule is CCCN(Cc1c(-c2ccccc2)nn(C)c1Oc1ccc(OC)cc1)C[C@@H](O)COC(C)C. The summed E-state index contributed by atoms with van der Waals surface area (Å²) < 4.78 is 19.0. The number of hydrogen-bond acceptors (Lipinski definition) is 6. The van der Waals surface area contributed by atoms with Gasteiger partial charge in [0.2, 0.25) is 5.88 Å². The van der Waals surface area contributed by atoms with Crippen LogP contribution < -0.4 is 9.47 Å². The molecule has 1 N–H and O–H groups in total. The number of aromatic nitrogens is 2. The molecule has 3 aromatic rings. The summed E-state index contributed by atoms with van der Waals surface area (Å²) in [5.74, 6) is 2.16. The Morgan fingerprint density at radius 2 is 1.71 bits per heavy atom. The molecule has 0 aliphatic rings. The van der Waals surface area contributed by atoms with Gasteiger partial charge in [0, 0.05) is 25.7 Å². The standard InChI is InChI=1S/C27H37N3O4/c1-6-16-30(17-22(31)19-33-20(2)3)18-25-26(21-10-8-7-9-11-21)28-29(4)27(25)34-24-14-12-23(32-5)13-15-24/h7-15,20,22,31H,6,16-19H2,1-5H3/t22-/m1/s1. The van der Waals surface area contributed by atoms with Crippen molar-refractivity contribution in [3.63, 3.8) is 0 Å². The summed E-state index contributed by atoms with van der Waals surface area (Å²) >= 11 is 0. The third kappa shape index (κ3) is 7.06. The molecule has 0 saturated carbocycles. The van der Waals surface area contributed by atoms with Crippen LogP contribution in [0.1, 0.15) is 32.8 Å². The Morgan fingerprint density at radius 3 is 2.32 bits per heavy atom. The summed E-state index contributed by atoms with van der Waals surface area (Å²) in [7, 11) is 3.54. The summed E-state index contributed by atoms with van der Waals surface area (Å²) in [4.78, 5) is 2.23. The van der Waals surface area contributed by atoms with E-state index in [-0.39, 0.29) is 6.10 Å². The van der Waals surface area contributed by atoms with Gasteiger partial charge in [-0.1, -0.05) is 37.3 Å². The predicted molar refractivity (Wildman–Crippen MR) is 134 cm³/mol. The summed E-state index contributed by atoms with van der Waals surface area (Å²) in [5.41, 5.74) is 2.88. The van der Waals surface area contributed by atoms with Crippen LogP contribution in [-0.2, 0) is 18.3 Å². The second-order valence-electron chi connectivity index (χ2n) is 8.67. The zero-order valence-electron chi connectivity index (χ0n) is 20.9. The second kappa shape index (κ2) is 12.6. The maximum Gasteiger partial charge on any atom is 0.222 e. The minimum absolute atomic E-state index is 0.0850. The zero-order valence-corrected chi connectivity index (χ0v) is 20.9. The van der Waals surface area contributed by atoms with Crippen molar-refractivity contribution in [3.05, 3.63) is 60.2 Å². The van der Waals surface area contributed by atoms with Crippen molar-refractivity contribution in [2.75, 3.05) is 26.8 Å². The molecule has 3 rings (SSSR count). The first-order chi connectivity index (χ1) is 16.4. The van der Waals surface area contributed by atoms with Crippen LogP contribution in [0.5, 0.6) is 17.4 Å². The van der Waals surface area contributed by atoms with Gasteiger partial charge in [-0.25, -0.2) is 4.68 Å². The van der Waals surface area contributed by atoms with Crippen molar-refractivity contribution in [1.29, 1.82) is 0 Å². The van der Waals surface area contributed by atoms with Crippen LogP contribution in [0.2, 0.25) is 0 Å². The lowest BCUT2D eigenvalue weighted by Crippen LogP contribution is -2.35. The quantitative estimate of drug-likeness (QED) is 0.386. The van der Waals surface area contributed by atoms with Gasteiger partial charge < -0.3 is 19.3 Å². The highest BCUT2D eigenvalue weighted by molar-refractivity contribution is 5.65. The first-order valence-electron chi connectivity index (χ1n) is 11.9. The molecule has 184 valence electrons. The van der Waals surface area contributed by atoms with Crippen molar-refractivity contribution in [2.24, 2.45) is 7.05 Å². The minimum Gasteiger partial charge on any atom is -0.497 e. The Bertz CT molecular complexity index is 1000. The van der Waals surface area contributed by atoms with Crippen molar-refractivity contribution >= 4 is 0 Å². The van der Waals surface area contributed by atoms with E-state index in [2.05, 4.69) is 24.0 Å². The van der Waals surface area contributed by atoms with Gasteiger partial charge in [-0.15, -0.1) is 0 Å². The number of nitrogens with zero attached hydrogens (tertiary/aromatic N) is 3. The van der Waals surface area contributed by atoms with Crippen LogP contribution in [0, 0.1) is 0 Å². The molecule has 1 atom stereocenters. The highest BCUT2D eigenvalue weighted by atomic mass is 16.5. The number of hydrogen-bond donors (Lipinski definition) is 1. The van der Waals surface area contributed by atoms with Crippen LogP contribution in [0.4, 0.5) is 0 Å². The molecule has 7 heteroatoms. The Morgan fingerprint density at radius 1 is 1.03 bits per heavy atom. The van der Waals surface area contributed by atoms with Crippen molar-refractivity contribution < 1.29 is 19.3 Å². The van der Waals surface area contributed by atoms with E-state index in [0.717, 1.165) is 35.5 Å². The van der Waals surface area contributed by atoms with Gasteiger partial charge in [0.1, 0.15) is 17.2 Å². The van der Waals surface area contributed by atoms with E-state index < -0.39 is 6.10 Å². The number of aryl methyl sites for hydroxylation is 1. The average molecular weight is 468 g/mol. The fourth-order valence-electron chi connectivity index (χ4n) is 3.83. The Kier molecular flexibility index (Phi) is 9.51. The monoisotopic (exact) mass is 467 g/mol. The van der Waals surface area contributed by atoms with Crippen molar-refractivity contribution in [3.8, 4) is 28.6 Å². The fourth-order valence-corrected chi connectivity index (χ4v) is 3.83. The van der Waals surface area contributed by atoms with E-state index in [1.807, 2.05) is 63.4 Å². The average Bonchev–Trinajstić information content (AvgIpc) is 3.13. The second-order valence-corrected chi connectivity index (χ2v) is 8.67. The molecule has 7 nitrogen and oxygen atoms in total. The normalized spacial score (nSPS) is 12.4. The van der Waals surface area contributed by atoms with Crippen LogP contribution in [0.15, 0.2) is 54.6 Å². The van der Waals surface area contributed by atoms with Crippen molar-refractivity contribution in [2.45, 2.75) is 45.9 Å². The molecule has 0 saturated heterocycles. The summed E-state index contributed by atoms with van der Waals surface area (Å²) in [6, 6.07) is 17.6. The summed E-state index contributed by atoms with van der Waals surface area (Å²) in [5, 5.41) is 15.4. The number of aliphatic hydroxyl groups is 1. The van der Waals surface area contributed by atoms with Crippen LogP contribution in [0.3, 0.4) is 0 Å². The fraction of sp³-hybridized carbons (Fsp3) is 0.444. The lowest BCUT2D eigenvalue weighted by Gasteiger charge is -2.25. The predicted octanol–water partition coefficient (Wildman–Crippen LogP) is 4.89. The highest BCUT2D eigenvalue weighted by Crippen LogP contribution is 2.34. The van der Waals surface area contributed by atoms with E-state index >= 15 is 0 Å². The molecular weight excluding hydrogens is 430 g/mol. The molecule has 0 spiro atoms. The molecule has 0 aliphatic heterocycles. The number of benzene rings is 2. The minimum atomic E-state index is -0.572. The van der Waals surface area contributed by atoms with Gasteiger partial charge in [0.25, 0.3) is 0 Å². The molecule has 0 fully saturated rings. The Labute approximate surface area is 202 Å². The number of rotatable bonds is 13. The number of methoxy groups -OCH3 is 1. The van der Waals surface area contributed by atoms with Crippen LogP contribution in [-0.4, -0.2) is 58.8 Å². The third-order valence-corrected chi connectivity index (χ3v) is 5.42. The van der Waals surface area contributed by atoms with E-state index in [1.54, 1.807) is 11.8 Å². The van der Waals surface area contributed by atoms with E-state index in [0.29, 0.717) is 31.3 Å². The first-order valence-corrected chi connectivity index (χ1v) is 11.9. The Balaban J connectivity index is 1.92. The zero-order chi connectivity index (χ0) is 24.5. The lowest BCUT2D eigenvalue weighted by molar-refractivity contribution is -0.00953. The van der Waals surface area contributed by atoms with E-state index in [4.69, 9.17) is 19.3 Å². The molecule has 0 bridgehead atoms. The van der Waals surface area contributed by atoms with Gasteiger partial charge in [-0.05, 0) is 51.1 Å². The maximum absolute atomic E-state index is 10.6. The molecular formula is C27H37N3O4. The number of ether oxygens (including phenoxy) is 3. The van der Waals surface area contributed by atoms with Gasteiger partial charge in [0.05, 0.1) is 31.5 Å². The molecule has 0 unspecified atom stereocenters. The largest absolute Gasteiger partial charge is 0.497 e. The number of aliphatic hydroxyl groups excluding tert-OH is 1. The van der Waals surface area contributed by atoms with Crippen LogP contribution in [0.25, 0.3) is 11.3 Å². The molecule has 2 aromatic carbocycles. The first kappa shape index (κ1) is 25.7. The molecule has 1 heterocycles. The molecule has 0 amide bonds. The molecule has 1 aromatic heterocycles. The molecule has 0 aliphatic carbocycles. The Hall–Kier alpha value is -2.87. The maximum atomic E-state index is 10.6. The third-order valence-electron chi connectivity index (χ3n) is 5.42. The van der Waals surface area contributed by atoms with Gasteiger partial charge in [0.15, 0.2) is 0 Å². The van der Waals surface area contributed by atoms with Gasteiger partial charge in [-0.2, -0.15) is 5.10 Å².